The van der Waals surface area contributed by atoms with E-state index >= 15 is 0 Å². The van der Waals surface area contributed by atoms with Crippen LogP contribution < -0.4 is 0 Å². The highest BCUT2D eigenvalue weighted by atomic mass is 19.4. The summed E-state index contributed by atoms with van der Waals surface area (Å²) in [4.78, 5) is 0. The summed E-state index contributed by atoms with van der Waals surface area (Å²) in [5, 5.41) is 3.82. The molecule has 0 aliphatic rings. The summed E-state index contributed by atoms with van der Waals surface area (Å²) in [6.07, 6.45) is -0.850. The molecule has 0 bridgehead atoms. The van der Waals surface area contributed by atoms with Gasteiger partial charge in [-0.15, -0.1) is 0 Å². The third kappa shape index (κ3) is 2.28. The van der Waals surface area contributed by atoms with E-state index in [4.69, 9.17) is 0 Å². The van der Waals surface area contributed by atoms with Gasteiger partial charge in [-0.3, -0.25) is 4.68 Å². The molecule has 0 unspecified atom stereocenters. The molecule has 0 saturated heterocycles. The average Bonchev–Trinajstić information content (AvgIpc) is 2.06. The zero-order chi connectivity index (χ0) is 9.35. The topological polar surface area (TPSA) is 17.8 Å². The molecule has 1 heterocycles. The summed E-state index contributed by atoms with van der Waals surface area (Å²) >= 11 is 0. The Kier molecular flexibility index (Phi) is 2.17. The number of nitrogens with zero attached hydrogens (tertiary/aromatic N) is 2. The summed E-state index contributed by atoms with van der Waals surface area (Å²) in [7, 11) is 1.52. The first-order chi connectivity index (χ1) is 5.38. The van der Waals surface area contributed by atoms with Gasteiger partial charge in [-0.2, -0.15) is 5.10 Å². The fourth-order valence-electron chi connectivity index (χ4n) is 1.09. The number of aromatic nitrogens is 2. The van der Waals surface area contributed by atoms with Gasteiger partial charge in [0.05, 0.1) is 5.69 Å². The lowest BCUT2D eigenvalue weighted by Crippen LogP contribution is -2.21. The Labute approximate surface area is 68.4 Å². The molecule has 0 spiro atoms. The van der Waals surface area contributed by atoms with Gasteiger partial charge in [0.25, 0.3) is 0 Å². The Morgan fingerprint density at radius 2 is 2.08 bits per heavy atom. The van der Waals surface area contributed by atoms with Gasteiger partial charge in [-0.05, 0) is 19.3 Å². The maximum absolute atomic E-state index is 12.0. The molecule has 6 heteroatoms. The van der Waals surface area contributed by atoms with Crippen LogP contribution in [0.2, 0.25) is 0 Å². The number of rotatable bonds is 2. The largest absolute Gasteiger partial charge is 0.484 e. The van der Waals surface area contributed by atoms with E-state index in [1.54, 1.807) is 6.92 Å². The predicted molar refractivity (Wildman–Crippen MR) is 40.7 cm³/mol. The van der Waals surface area contributed by atoms with Crippen LogP contribution in [0.1, 0.15) is 11.4 Å². The molecule has 0 aliphatic heterocycles. The Hall–Kier alpha value is -0.935. The molecule has 2 nitrogen and oxygen atoms in total. The van der Waals surface area contributed by atoms with Gasteiger partial charge in [0.2, 0.25) is 0 Å². The molecule has 12 heavy (non-hydrogen) atoms. The summed E-state index contributed by atoms with van der Waals surface area (Å²) in [6.45, 7) is -3.08. The molecule has 0 saturated carbocycles. The predicted octanol–water partition coefficient (Wildman–Crippen LogP) is 1.66. The number of halogens is 3. The average molecular weight is 177 g/mol. The van der Waals surface area contributed by atoms with Crippen molar-refractivity contribution in [1.29, 1.82) is 0 Å². The molecular weight excluding hydrogens is 168 g/mol. The molecule has 0 fully saturated rings. The van der Waals surface area contributed by atoms with Crippen LogP contribution >= 0.6 is 0 Å². The van der Waals surface area contributed by atoms with E-state index in [0.29, 0.717) is 5.69 Å². The molecule has 68 valence electrons. The fraction of sp³-hybridized carbons (Fsp3) is 0.500. The first-order valence-corrected chi connectivity index (χ1v) is 3.59. The quantitative estimate of drug-likeness (QED) is 0.628. The Morgan fingerprint density at radius 3 is 2.42 bits per heavy atom. The minimum Gasteiger partial charge on any atom is -0.449 e. The van der Waals surface area contributed by atoms with Crippen LogP contribution in [-0.4, -0.2) is 16.8 Å². The van der Waals surface area contributed by atoms with Crippen molar-refractivity contribution in [3.63, 3.8) is 0 Å². The first-order valence-electron chi connectivity index (χ1n) is 3.59. The first kappa shape index (κ1) is 9.16. The second kappa shape index (κ2) is 2.84. The third-order valence-corrected chi connectivity index (χ3v) is 1.54. The van der Waals surface area contributed by atoms with Crippen molar-refractivity contribution in [3.05, 3.63) is 17.5 Å². The molecule has 0 radical (unpaired) electrons. The lowest BCUT2D eigenvalue weighted by atomic mass is 9.84. The molecule has 1 rings (SSSR count). The Morgan fingerprint density at radius 1 is 1.50 bits per heavy atom. The highest BCUT2D eigenvalue weighted by Crippen LogP contribution is 2.16. The summed E-state index contributed by atoms with van der Waals surface area (Å²) < 4.78 is 37.1. The maximum atomic E-state index is 12.0. The molecule has 0 amide bonds. The van der Waals surface area contributed by atoms with Crippen LogP contribution in [0.4, 0.5) is 12.9 Å². The van der Waals surface area contributed by atoms with Crippen LogP contribution in [0.5, 0.6) is 0 Å². The normalized spacial score (nSPS) is 12.1. The highest BCUT2D eigenvalue weighted by Gasteiger charge is 2.24. The molecule has 0 aromatic carbocycles. The van der Waals surface area contributed by atoms with Crippen molar-refractivity contribution < 1.29 is 12.9 Å². The van der Waals surface area contributed by atoms with E-state index in [-0.39, 0.29) is 5.69 Å². The number of aryl methyl sites for hydroxylation is 2. The van der Waals surface area contributed by atoms with Crippen LogP contribution in [0, 0.1) is 6.92 Å². The highest BCUT2D eigenvalue weighted by molar-refractivity contribution is 6.57. The second-order valence-electron chi connectivity index (χ2n) is 2.82. The van der Waals surface area contributed by atoms with Crippen LogP contribution in [0.25, 0.3) is 0 Å². The van der Waals surface area contributed by atoms with E-state index in [0.717, 1.165) is 0 Å². The Balaban J connectivity index is 2.82. The van der Waals surface area contributed by atoms with Crippen molar-refractivity contribution in [2.75, 3.05) is 0 Å². The van der Waals surface area contributed by atoms with Crippen LogP contribution in [0.15, 0.2) is 6.07 Å². The van der Waals surface area contributed by atoms with Gasteiger partial charge in [0, 0.05) is 12.7 Å². The smallest absolute Gasteiger partial charge is 0.449 e. The molecule has 0 atom stereocenters. The van der Waals surface area contributed by atoms with E-state index in [1.807, 2.05) is 0 Å². The lowest BCUT2D eigenvalue weighted by molar-refractivity contribution is 0.464. The van der Waals surface area contributed by atoms with Gasteiger partial charge in [0.15, 0.2) is 0 Å². The van der Waals surface area contributed by atoms with Gasteiger partial charge in [0.1, 0.15) is 0 Å². The van der Waals surface area contributed by atoms with Crippen LogP contribution in [0.3, 0.4) is 0 Å². The lowest BCUT2D eigenvalue weighted by Gasteiger charge is -2.12. The van der Waals surface area contributed by atoms with Crippen molar-refractivity contribution >= 4 is 6.98 Å². The molecular formula is C6H9BF3N2-. The molecule has 0 aliphatic carbocycles. The molecule has 1 aromatic heterocycles. The molecule has 0 N–H and O–H groups in total. The molecule has 1 aromatic rings. The van der Waals surface area contributed by atoms with Gasteiger partial charge in [-0.1, -0.05) is 0 Å². The summed E-state index contributed by atoms with van der Waals surface area (Å²) in [5.74, 6) is 0. The maximum Gasteiger partial charge on any atom is 0.484 e. The summed E-state index contributed by atoms with van der Waals surface area (Å²) in [5.41, 5.74) is 0.840. The monoisotopic (exact) mass is 177 g/mol. The van der Waals surface area contributed by atoms with E-state index in [1.165, 1.54) is 17.8 Å². The van der Waals surface area contributed by atoms with E-state index in [2.05, 4.69) is 5.10 Å². The number of hydrogen-bond acceptors (Lipinski definition) is 1. The standard InChI is InChI=1S/C6H9BF3N2/c1-5-3-6(12(2)11-5)4-7(8,9)10/h3H,4H2,1-2H3/q-1. The van der Waals surface area contributed by atoms with E-state index < -0.39 is 13.3 Å². The van der Waals surface area contributed by atoms with Gasteiger partial charge in [-0.25, -0.2) is 0 Å². The van der Waals surface area contributed by atoms with Crippen molar-refractivity contribution in [1.82, 2.24) is 9.78 Å². The van der Waals surface area contributed by atoms with Crippen molar-refractivity contribution in [3.8, 4) is 0 Å². The third-order valence-electron chi connectivity index (χ3n) is 1.54. The fourth-order valence-corrected chi connectivity index (χ4v) is 1.09. The van der Waals surface area contributed by atoms with Crippen molar-refractivity contribution in [2.24, 2.45) is 7.05 Å². The SMILES string of the molecule is Cc1cc(C[B-](F)(F)F)n(C)n1. The zero-order valence-corrected chi connectivity index (χ0v) is 6.89. The second-order valence-corrected chi connectivity index (χ2v) is 2.82. The zero-order valence-electron chi connectivity index (χ0n) is 6.89. The van der Waals surface area contributed by atoms with Crippen molar-refractivity contribution in [2.45, 2.75) is 13.2 Å². The minimum atomic E-state index is -4.75. The minimum absolute atomic E-state index is 0.222. The van der Waals surface area contributed by atoms with Gasteiger partial charge < -0.3 is 12.9 Å². The van der Waals surface area contributed by atoms with Crippen LogP contribution in [-0.2, 0) is 13.4 Å². The summed E-state index contributed by atoms with van der Waals surface area (Å²) in [6, 6.07) is 1.45. The van der Waals surface area contributed by atoms with Gasteiger partial charge >= 0.3 is 6.98 Å². The van der Waals surface area contributed by atoms with E-state index in [9.17, 15) is 12.9 Å². The Bertz CT molecular complexity index is 279. The number of hydrogen-bond donors (Lipinski definition) is 0.